The van der Waals surface area contributed by atoms with E-state index in [0.717, 1.165) is 19.2 Å². The van der Waals surface area contributed by atoms with Crippen molar-refractivity contribution in [3.63, 3.8) is 0 Å². The van der Waals surface area contributed by atoms with E-state index in [9.17, 15) is 13.5 Å². The first-order chi connectivity index (χ1) is 15.7. The van der Waals surface area contributed by atoms with Gasteiger partial charge in [-0.1, -0.05) is 12.1 Å². The smallest absolute Gasteiger partial charge is 0.304 e. The molecule has 0 aliphatic heterocycles. The van der Waals surface area contributed by atoms with Crippen LogP contribution in [-0.4, -0.2) is 40.3 Å². The number of pyridine rings is 1. The van der Waals surface area contributed by atoms with Gasteiger partial charge in [0.25, 0.3) is 0 Å². The average molecular weight is 495 g/mol. The second-order valence-corrected chi connectivity index (χ2v) is 11.0. The Balaban J connectivity index is 1.74. The van der Waals surface area contributed by atoms with Gasteiger partial charge < -0.3 is 10.4 Å². The van der Waals surface area contributed by atoms with Crippen molar-refractivity contribution in [2.45, 2.75) is 56.2 Å². The molecule has 7 nitrogen and oxygen atoms in total. The van der Waals surface area contributed by atoms with Gasteiger partial charge in [0.15, 0.2) is 14.9 Å². The molecule has 0 amide bonds. The van der Waals surface area contributed by atoms with Crippen molar-refractivity contribution in [3.05, 3.63) is 53.2 Å². The van der Waals surface area contributed by atoms with Gasteiger partial charge >= 0.3 is 5.92 Å². The van der Waals surface area contributed by atoms with Gasteiger partial charge in [-0.05, 0) is 51.7 Å². The van der Waals surface area contributed by atoms with Crippen LogP contribution in [0.4, 0.5) is 19.0 Å². The van der Waals surface area contributed by atoms with E-state index in [1.54, 1.807) is 13.8 Å². The summed E-state index contributed by atoms with van der Waals surface area (Å²) in [6.07, 6.45) is 3.25. The lowest BCUT2D eigenvalue weighted by Gasteiger charge is -2.34. The Hall–Kier alpha value is -2.79. The lowest BCUT2D eigenvalue weighted by Crippen LogP contribution is -2.45. The molecule has 0 unspecified atom stereocenters. The first-order valence-corrected chi connectivity index (χ1v) is 12.6. The Morgan fingerprint density at radius 1 is 1.24 bits per heavy atom. The number of aryl methyl sites for hydroxylation is 1. The number of fused-ring (bicyclic) bond motifs is 1. The number of anilines is 1. The third kappa shape index (κ3) is 4.22. The summed E-state index contributed by atoms with van der Waals surface area (Å²) in [6.45, 7) is 4.24. The molecule has 182 valence electrons. The molecule has 0 radical (unpaired) electrons. The number of nitrogens with one attached hydrogen (secondary N) is 1. The topological polar surface area (TPSA) is 105 Å². The molecule has 2 heterocycles. The summed E-state index contributed by atoms with van der Waals surface area (Å²) in [4.78, 5) is 12.5. The van der Waals surface area contributed by atoms with E-state index in [-0.39, 0.29) is 16.4 Å². The van der Waals surface area contributed by atoms with Crippen molar-refractivity contribution >= 4 is 26.6 Å². The quantitative estimate of drug-likeness (QED) is 0.505. The second-order valence-electron chi connectivity index (χ2n) is 9.00. The molecule has 2 N–H and O–H groups in total. The minimum Gasteiger partial charge on any atom is -0.383 e. The molecule has 3 aromatic rings. The van der Waals surface area contributed by atoms with E-state index < -0.39 is 44.7 Å². The Morgan fingerprint density at radius 3 is 2.53 bits per heavy atom. The third-order valence-electron chi connectivity index (χ3n) is 6.24. The Kier molecular flexibility index (Phi) is 5.84. The number of sulfone groups is 1. The van der Waals surface area contributed by atoms with Crippen LogP contribution < -0.4 is 5.32 Å². The lowest BCUT2D eigenvalue weighted by molar-refractivity contribution is -0.191. The maximum absolute atomic E-state index is 15.4. The van der Waals surface area contributed by atoms with Gasteiger partial charge in [0.1, 0.15) is 23.1 Å². The fourth-order valence-electron chi connectivity index (χ4n) is 4.03. The van der Waals surface area contributed by atoms with E-state index in [1.807, 2.05) is 0 Å². The lowest BCUT2D eigenvalue weighted by atomic mass is 9.86. The van der Waals surface area contributed by atoms with E-state index in [0.29, 0.717) is 29.6 Å². The van der Waals surface area contributed by atoms with Crippen molar-refractivity contribution in [2.24, 2.45) is 5.92 Å². The zero-order valence-corrected chi connectivity index (χ0v) is 19.9. The summed E-state index contributed by atoms with van der Waals surface area (Å²) in [7, 11) is -3.61. The van der Waals surface area contributed by atoms with Crippen molar-refractivity contribution in [1.82, 2.24) is 15.0 Å². The standard InChI is InChI=1S/C23H25F3N4O3S/c1-12(15-6-5-7-17(20(15)24)23(25,26)22(3,31)14-8-9-14)28-21-16-10-19(34(4,32)33)27-11-18(16)29-13(2)30-21/h5-7,10-12,14,31H,8-9H2,1-4H3,(H,28,29,30)/t12-,22-/m1/s1. The highest BCUT2D eigenvalue weighted by Crippen LogP contribution is 2.52. The van der Waals surface area contributed by atoms with Gasteiger partial charge in [0.05, 0.1) is 23.3 Å². The van der Waals surface area contributed by atoms with Crippen LogP contribution in [0, 0.1) is 18.7 Å². The van der Waals surface area contributed by atoms with Crippen molar-refractivity contribution in [1.29, 1.82) is 0 Å². The molecular formula is C23H25F3N4O3S. The number of hydrogen-bond acceptors (Lipinski definition) is 7. The molecule has 11 heteroatoms. The minimum atomic E-state index is -3.79. The normalized spacial score (nSPS) is 17.4. The summed E-state index contributed by atoms with van der Waals surface area (Å²) in [5.41, 5.74) is -2.91. The molecule has 1 saturated carbocycles. The van der Waals surface area contributed by atoms with Crippen molar-refractivity contribution < 1.29 is 26.7 Å². The van der Waals surface area contributed by atoms with Gasteiger partial charge in [-0.15, -0.1) is 0 Å². The second kappa shape index (κ2) is 8.16. The molecule has 34 heavy (non-hydrogen) atoms. The van der Waals surface area contributed by atoms with Crippen LogP contribution in [0.15, 0.2) is 35.5 Å². The van der Waals surface area contributed by atoms with Gasteiger partial charge in [-0.25, -0.2) is 27.8 Å². The largest absolute Gasteiger partial charge is 0.383 e. The summed E-state index contributed by atoms with van der Waals surface area (Å²) in [5, 5.41) is 13.6. The molecule has 2 aromatic heterocycles. The number of aromatic nitrogens is 3. The Bertz CT molecular complexity index is 1380. The van der Waals surface area contributed by atoms with E-state index >= 15 is 13.2 Å². The molecule has 1 fully saturated rings. The van der Waals surface area contributed by atoms with Crippen LogP contribution in [0.25, 0.3) is 10.9 Å². The molecule has 0 spiro atoms. The van der Waals surface area contributed by atoms with Crippen LogP contribution in [0.1, 0.15) is 49.7 Å². The molecular weight excluding hydrogens is 469 g/mol. The van der Waals surface area contributed by atoms with Gasteiger partial charge in [-0.3, -0.25) is 0 Å². The highest BCUT2D eigenvalue weighted by molar-refractivity contribution is 7.90. The van der Waals surface area contributed by atoms with Gasteiger partial charge in [-0.2, -0.15) is 8.78 Å². The van der Waals surface area contributed by atoms with Crippen molar-refractivity contribution in [2.75, 3.05) is 11.6 Å². The van der Waals surface area contributed by atoms with Crippen LogP contribution in [0.2, 0.25) is 0 Å². The summed E-state index contributed by atoms with van der Waals surface area (Å²) >= 11 is 0. The first-order valence-electron chi connectivity index (χ1n) is 10.7. The number of benzene rings is 1. The predicted molar refractivity (Wildman–Crippen MR) is 121 cm³/mol. The number of nitrogens with zero attached hydrogens (tertiary/aromatic N) is 3. The average Bonchev–Trinajstić information content (AvgIpc) is 3.58. The van der Waals surface area contributed by atoms with Crippen molar-refractivity contribution in [3.8, 4) is 0 Å². The summed E-state index contributed by atoms with van der Waals surface area (Å²) < 4.78 is 69.6. The number of rotatable bonds is 7. The molecule has 0 saturated heterocycles. The SMILES string of the molecule is Cc1nc(N[C@H](C)c2cccc(C(F)(F)[C@](C)(O)C3CC3)c2F)c2cc(S(C)(=O)=O)ncc2n1. The van der Waals surface area contributed by atoms with Gasteiger partial charge in [0, 0.05) is 17.2 Å². The predicted octanol–water partition coefficient (Wildman–Crippen LogP) is 4.30. The number of alkyl halides is 2. The summed E-state index contributed by atoms with van der Waals surface area (Å²) in [6, 6.07) is 4.16. The first kappa shape index (κ1) is 24.3. The zero-order chi connectivity index (χ0) is 25.1. The minimum absolute atomic E-state index is 0.0504. The highest BCUT2D eigenvalue weighted by atomic mass is 32.2. The summed E-state index contributed by atoms with van der Waals surface area (Å²) in [5.74, 6) is -4.93. The molecule has 1 aliphatic rings. The van der Waals surface area contributed by atoms with Crippen LogP contribution >= 0.6 is 0 Å². The third-order valence-corrected chi connectivity index (χ3v) is 7.23. The van der Waals surface area contributed by atoms with E-state index in [4.69, 9.17) is 0 Å². The fourth-order valence-corrected chi connectivity index (χ4v) is 4.60. The number of hydrogen-bond donors (Lipinski definition) is 2. The molecule has 4 rings (SSSR count). The van der Waals surface area contributed by atoms with Crippen LogP contribution in [0.3, 0.4) is 0 Å². The Labute approximate surface area is 195 Å². The number of aliphatic hydroxyl groups is 1. The monoisotopic (exact) mass is 494 g/mol. The Morgan fingerprint density at radius 2 is 1.91 bits per heavy atom. The highest BCUT2D eigenvalue weighted by Gasteiger charge is 2.59. The molecule has 1 aliphatic carbocycles. The van der Waals surface area contributed by atoms with Gasteiger partial charge in [0.2, 0.25) is 0 Å². The molecule has 1 aromatic carbocycles. The molecule has 2 atom stereocenters. The van der Waals surface area contributed by atoms with Crippen LogP contribution in [0.5, 0.6) is 0 Å². The van der Waals surface area contributed by atoms with Crippen LogP contribution in [-0.2, 0) is 15.8 Å². The maximum atomic E-state index is 15.4. The maximum Gasteiger partial charge on any atom is 0.304 e. The fraction of sp³-hybridized carbons (Fsp3) is 0.435. The van der Waals surface area contributed by atoms with E-state index in [2.05, 4.69) is 20.3 Å². The zero-order valence-electron chi connectivity index (χ0n) is 19.1. The van der Waals surface area contributed by atoms with E-state index in [1.165, 1.54) is 24.4 Å². The number of halogens is 3. The molecule has 0 bridgehead atoms.